The van der Waals surface area contributed by atoms with E-state index in [0.29, 0.717) is 0 Å². The summed E-state index contributed by atoms with van der Waals surface area (Å²) in [5.41, 5.74) is 1.91. The van der Waals surface area contributed by atoms with Crippen LogP contribution in [0.1, 0.15) is 24.0 Å². The van der Waals surface area contributed by atoms with E-state index in [0.717, 1.165) is 30.6 Å². The Labute approximate surface area is 113 Å². The van der Waals surface area contributed by atoms with Crippen molar-refractivity contribution in [3.05, 3.63) is 53.6 Å². The van der Waals surface area contributed by atoms with Crippen molar-refractivity contribution >= 4 is 0 Å². The second kappa shape index (κ2) is 6.48. The molecule has 0 aliphatic heterocycles. The van der Waals surface area contributed by atoms with Gasteiger partial charge in [0.05, 0.1) is 6.20 Å². The second-order valence-corrected chi connectivity index (χ2v) is 4.68. The number of aromatic nitrogens is 2. The number of benzene rings is 1. The lowest BCUT2D eigenvalue weighted by Gasteiger charge is -2.16. The molecule has 1 aromatic carbocycles. The molecule has 0 aliphatic carbocycles. The van der Waals surface area contributed by atoms with Gasteiger partial charge in [-0.1, -0.05) is 18.2 Å². The van der Waals surface area contributed by atoms with Crippen LogP contribution in [0, 0.1) is 5.82 Å². The molecule has 0 aliphatic rings. The molecular formula is C15H20FN3. The largest absolute Gasteiger partial charge is 0.319 e. The summed E-state index contributed by atoms with van der Waals surface area (Å²) in [6, 6.07) is 7.00. The maximum Gasteiger partial charge on any atom is 0.126 e. The molecule has 4 heteroatoms. The lowest BCUT2D eigenvalue weighted by molar-refractivity contribution is 0.556. The Hall–Kier alpha value is -1.68. The third-order valence-electron chi connectivity index (χ3n) is 3.29. The van der Waals surface area contributed by atoms with Crippen LogP contribution in [0.3, 0.4) is 0 Å². The number of halogens is 1. The molecule has 0 saturated carbocycles. The summed E-state index contributed by atoms with van der Waals surface area (Å²) in [5.74, 6) is -0.00802. The van der Waals surface area contributed by atoms with Crippen molar-refractivity contribution in [3.8, 4) is 0 Å². The van der Waals surface area contributed by atoms with Crippen LogP contribution in [-0.4, -0.2) is 23.4 Å². The molecule has 1 N–H and O–H groups in total. The average Bonchev–Trinajstić information content (AvgIpc) is 2.87. The van der Waals surface area contributed by atoms with E-state index in [1.165, 1.54) is 6.07 Å². The van der Waals surface area contributed by atoms with Crippen LogP contribution < -0.4 is 5.32 Å². The zero-order valence-corrected chi connectivity index (χ0v) is 11.4. The van der Waals surface area contributed by atoms with Crippen LogP contribution in [0.2, 0.25) is 0 Å². The van der Waals surface area contributed by atoms with Gasteiger partial charge in [-0.3, -0.25) is 4.68 Å². The van der Waals surface area contributed by atoms with Gasteiger partial charge in [-0.2, -0.15) is 5.10 Å². The van der Waals surface area contributed by atoms with E-state index in [2.05, 4.69) is 17.3 Å². The molecule has 0 saturated heterocycles. The summed E-state index contributed by atoms with van der Waals surface area (Å²) in [6.45, 7) is 3.66. The van der Waals surface area contributed by atoms with E-state index in [1.54, 1.807) is 6.07 Å². The molecule has 1 atom stereocenters. The van der Waals surface area contributed by atoms with Gasteiger partial charge in [0.25, 0.3) is 0 Å². The third kappa shape index (κ3) is 3.41. The zero-order valence-electron chi connectivity index (χ0n) is 11.4. The van der Waals surface area contributed by atoms with Gasteiger partial charge in [-0.15, -0.1) is 0 Å². The minimum atomic E-state index is -0.134. The third-order valence-corrected chi connectivity index (χ3v) is 3.29. The fourth-order valence-corrected chi connectivity index (χ4v) is 2.31. The minimum absolute atomic E-state index is 0.126. The van der Waals surface area contributed by atoms with Gasteiger partial charge in [-0.05, 0) is 37.6 Å². The van der Waals surface area contributed by atoms with Gasteiger partial charge in [0.15, 0.2) is 0 Å². The van der Waals surface area contributed by atoms with E-state index >= 15 is 0 Å². The topological polar surface area (TPSA) is 29.9 Å². The van der Waals surface area contributed by atoms with Gasteiger partial charge in [-0.25, -0.2) is 4.39 Å². The summed E-state index contributed by atoms with van der Waals surface area (Å²) in [5, 5.41) is 7.41. The van der Waals surface area contributed by atoms with Crippen molar-refractivity contribution in [3.63, 3.8) is 0 Å². The fourth-order valence-electron chi connectivity index (χ4n) is 2.31. The zero-order chi connectivity index (χ0) is 13.7. The molecule has 0 radical (unpaired) electrons. The summed E-state index contributed by atoms with van der Waals surface area (Å²) in [4.78, 5) is 0. The molecule has 0 bridgehead atoms. The smallest absolute Gasteiger partial charge is 0.126 e. The van der Waals surface area contributed by atoms with Crippen molar-refractivity contribution < 1.29 is 4.39 Å². The molecule has 2 aromatic rings. The highest BCUT2D eigenvalue weighted by molar-refractivity contribution is 5.24. The molecule has 1 unspecified atom stereocenters. The first-order valence-electron chi connectivity index (χ1n) is 6.65. The van der Waals surface area contributed by atoms with Crippen LogP contribution in [0.5, 0.6) is 0 Å². The molecule has 0 fully saturated rings. The Morgan fingerprint density at radius 1 is 1.37 bits per heavy atom. The van der Waals surface area contributed by atoms with Gasteiger partial charge in [0, 0.05) is 25.2 Å². The highest BCUT2D eigenvalue weighted by Gasteiger charge is 2.16. The Morgan fingerprint density at radius 3 is 2.79 bits per heavy atom. The Morgan fingerprint density at radius 2 is 2.16 bits per heavy atom. The SMILES string of the molecule is CCn1cc(CC(CNC)c2ccccc2F)cn1. The van der Waals surface area contributed by atoms with E-state index in [4.69, 9.17) is 0 Å². The predicted octanol–water partition coefficient (Wildman–Crippen LogP) is 2.59. The molecule has 2 rings (SSSR count). The molecule has 0 amide bonds. The molecule has 102 valence electrons. The number of likely N-dealkylation sites (N-methyl/N-ethyl adjacent to an activating group) is 1. The predicted molar refractivity (Wildman–Crippen MR) is 74.7 cm³/mol. The molecule has 3 nitrogen and oxygen atoms in total. The van der Waals surface area contributed by atoms with Crippen molar-refractivity contribution in [1.29, 1.82) is 0 Å². The molecule has 19 heavy (non-hydrogen) atoms. The number of hydrogen-bond donors (Lipinski definition) is 1. The summed E-state index contributed by atoms with van der Waals surface area (Å²) in [7, 11) is 1.89. The summed E-state index contributed by atoms with van der Waals surface area (Å²) in [6.07, 6.45) is 4.69. The number of nitrogens with zero attached hydrogens (tertiary/aromatic N) is 2. The first-order chi connectivity index (χ1) is 9.24. The maximum absolute atomic E-state index is 13.9. The number of aryl methyl sites for hydroxylation is 1. The first-order valence-corrected chi connectivity index (χ1v) is 6.65. The summed E-state index contributed by atoms with van der Waals surface area (Å²) >= 11 is 0. The van der Waals surface area contributed by atoms with E-state index in [1.807, 2.05) is 36.3 Å². The van der Waals surface area contributed by atoms with Gasteiger partial charge >= 0.3 is 0 Å². The number of hydrogen-bond acceptors (Lipinski definition) is 2. The Balaban J connectivity index is 2.18. The molecule has 1 heterocycles. The van der Waals surface area contributed by atoms with E-state index in [-0.39, 0.29) is 11.7 Å². The van der Waals surface area contributed by atoms with E-state index in [9.17, 15) is 4.39 Å². The highest BCUT2D eigenvalue weighted by atomic mass is 19.1. The fraction of sp³-hybridized carbons (Fsp3) is 0.400. The molecule has 0 spiro atoms. The van der Waals surface area contributed by atoms with E-state index < -0.39 is 0 Å². The average molecular weight is 261 g/mol. The normalized spacial score (nSPS) is 12.6. The van der Waals surface area contributed by atoms with Crippen LogP contribution in [0.4, 0.5) is 4.39 Å². The van der Waals surface area contributed by atoms with Crippen molar-refractivity contribution in [2.75, 3.05) is 13.6 Å². The Bertz CT molecular complexity index is 522. The van der Waals surface area contributed by atoms with Gasteiger partial charge in [0.2, 0.25) is 0 Å². The Kier molecular flexibility index (Phi) is 4.68. The standard InChI is InChI=1S/C15H20FN3/c1-3-19-11-12(9-18-19)8-13(10-17-2)14-6-4-5-7-15(14)16/h4-7,9,11,13,17H,3,8,10H2,1-2H3. The number of rotatable bonds is 6. The monoisotopic (exact) mass is 261 g/mol. The van der Waals surface area contributed by atoms with Gasteiger partial charge < -0.3 is 5.32 Å². The quantitative estimate of drug-likeness (QED) is 0.866. The molecule has 1 aromatic heterocycles. The van der Waals surface area contributed by atoms with Crippen LogP contribution in [0.25, 0.3) is 0 Å². The van der Waals surface area contributed by atoms with Crippen molar-refractivity contribution in [1.82, 2.24) is 15.1 Å². The van der Waals surface area contributed by atoms with Crippen LogP contribution >= 0.6 is 0 Å². The first kappa shape index (κ1) is 13.7. The van der Waals surface area contributed by atoms with Gasteiger partial charge in [0.1, 0.15) is 5.82 Å². The van der Waals surface area contributed by atoms with Crippen molar-refractivity contribution in [2.24, 2.45) is 0 Å². The number of nitrogens with one attached hydrogen (secondary N) is 1. The summed E-state index contributed by atoms with van der Waals surface area (Å²) < 4.78 is 15.8. The lowest BCUT2D eigenvalue weighted by Crippen LogP contribution is -2.20. The second-order valence-electron chi connectivity index (χ2n) is 4.68. The van der Waals surface area contributed by atoms with Crippen LogP contribution in [0.15, 0.2) is 36.7 Å². The minimum Gasteiger partial charge on any atom is -0.319 e. The van der Waals surface area contributed by atoms with Crippen molar-refractivity contribution in [2.45, 2.75) is 25.8 Å². The lowest BCUT2D eigenvalue weighted by atomic mass is 9.92. The highest BCUT2D eigenvalue weighted by Crippen LogP contribution is 2.22. The molecular weight excluding hydrogens is 241 g/mol. The maximum atomic E-state index is 13.9. The van der Waals surface area contributed by atoms with Crippen LogP contribution in [-0.2, 0) is 13.0 Å².